The monoisotopic (exact) mass is 464 g/mol. The highest BCUT2D eigenvalue weighted by Crippen LogP contribution is 2.14. The third kappa shape index (κ3) is 7.16. The Hall–Kier alpha value is -4.20. The van der Waals surface area contributed by atoms with E-state index in [1.807, 2.05) is 6.07 Å². The number of carboxylic acid groups (broad SMARTS) is 1. The molecule has 0 aromatic heterocycles. The molecule has 3 aromatic carbocycles. The molecule has 3 aromatic rings. The zero-order valence-corrected chi connectivity index (χ0v) is 18.6. The molecule has 1 atom stereocenters. The molecule has 0 aliphatic carbocycles. The van der Waals surface area contributed by atoms with Crippen LogP contribution in [0, 0.1) is 5.82 Å². The minimum absolute atomic E-state index is 0.0509. The maximum absolute atomic E-state index is 13.0. The largest absolute Gasteiger partial charge is 0.480 e. The zero-order chi connectivity index (χ0) is 24.5. The van der Waals surface area contributed by atoms with Gasteiger partial charge in [0.1, 0.15) is 18.5 Å². The number of aliphatic carboxylic acids is 1. The molecule has 0 fully saturated rings. The highest BCUT2D eigenvalue weighted by molar-refractivity contribution is 5.92. The molecule has 1 unspecified atom stereocenters. The number of halogens is 1. The minimum Gasteiger partial charge on any atom is -0.480 e. The Balaban J connectivity index is 1.50. The van der Waals surface area contributed by atoms with Crippen LogP contribution in [-0.4, -0.2) is 41.1 Å². The number of rotatable bonds is 9. The lowest BCUT2D eigenvalue weighted by Gasteiger charge is -2.24. The number of nitrogens with zero attached hydrogens (tertiary/aromatic N) is 1. The summed E-state index contributed by atoms with van der Waals surface area (Å²) in [4.78, 5) is 37.3. The molecule has 0 bridgehead atoms. The number of likely N-dealkylation sites (N-methyl/N-ethyl adjacent to an activating group) is 1. The first-order chi connectivity index (χ1) is 16.3. The third-order valence-corrected chi connectivity index (χ3v) is 5.19. The van der Waals surface area contributed by atoms with Gasteiger partial charge in [0, 0.05) is 19.2 Å². The first kappa shape index (κ1) is 24.4. The first-order valence-corrected chi connectivity index (χ1v) is 10.6. The van der Waals surface area contributed by atoms with Gasteiger partial charge >= 0.3 is 12.1 Å². The van der Waals surface area contributed by atoms with Gasteiger partial charge in [0.2, 0.25) is 5.91 Å². The van der Waals surface area contributed by atoms with Crippen LogP contribution in [-0.2, 0) is 33.8 Å². The second-order valence-electron chi connectivity index (χ2n) is 7.76. The van der Waals surface area contributed by atoms with Crippen molar-refractivity contribution < 1.29 is 28.6 Å². The Morgan fingerprint density at radius 1 is 0.912 bits per heavy atom. The van der Waals surface area contributed by atoms with E-state index in [0.717, 1.165) is 10.5 Å². The summed E-state index contributed by atoms with van der Waals surface area (Å²) in [5, 5.41) is 12.3. The third-order valence-electron chi connectivity index (χ3n) is 5.19. The Bertz CT molecular complexity index is 1120. The van der Waals surface area contributed by atoms with Crippen LogP contribution in [0.1, 0.15) is 16.7 Å². The van der Waals surface area contributed by atoms with Crippen LogP contribution >= 0.6 is 0 Å². The van der Waals surface area contributed by atoms with E-state index in [9.17, 15) is 23.9 Å². The van der Waals surface area contributed by atoms with E-state index in [2.05, 4.69) is 5.32 Å². The number of carbonyl (C=O) groups excluding carboxylic acids is 2. The average molecular weight is 464 g/mol. The highest BCUT2D eigenvalue weighted by atomic mass is 19.1. The van der Waals surface area contributed by atoms with E-state index < -0.39 is 18.1 Å². The molecule has 0 aliphatic heterocycles. The molecule has 0 spiro atoms. The summed E-state index contributed by atoms with van der Waals surface area (Å²) in [7, 11) is 1.39. The van der Waals surface area contributed by atoms with Crippen molar-refractivity contribution in [2.45, 2.75) is 25.5 Å². The lowest BCUT2D eigenvalue weighted by molar-refractivity contribution is -0.142. The lowest BCUT2D eigenvalue weighted by atomic mass is 10.1. The topological polar surface area (TPSA) is 95.9 Å². The standard InChI is InChI=1S/C26H25FN2O5/c1-29(23(25(31)32)15-18-5-3-2-4-6-18)26(33)34-17-20-9-13-22(14-10-20)28-24(30)16-19-7-11-21(27)12-8-19/h2-14,23H,15-17H2,1H3,(H,28,30)(H,31,32). The number of carboxylic acids is 1. The Kier molecular flexibility index (Phi) is 8.34. The molecular weight excluding hydrogens is 439 g/mol. The summed E-state index contributed by atoms with van der Waals surface area (Å²) in [5.41, 5.74) is 2.73. The predicted octanol–water partition coefficient (Wildman–Crippen LogP) is 4.27. The molecule has 2 N–H and O–H groups in total. The number of nitrogens with one attached hydrogen (secondary N) is 1. The number of anilines is 1. The fraction of sp³-hybridized carbons (Fsp3) is 0.192. The summed E-state index contributed by atoms with van der Waals surface area (Å²) in [6, 6.07) is 20.4. The molecule has 8 heteroatoms. The molecular formula is C26H25FN2O5. The smallest absolute Gasteiger partial charge is 0.410 e. The summed E-state index contributed by atoms with van der Waals surface area (Å²) in [5.74, 6) is -1.73. The fourth-order valence-electron chi connectivity index (χ4n) is 3.28. The van der Waals surface area contributed by atoms with E-state index in [4.69, 9.17) is 4.74 Å². The molecule has 176 valence electrons. The Labute approximate surface area is 196 Å². The van der Waals surface area contributed by atoms with Crippen molar-refractivity contribution in [2.75, 3.05) is 12.4 Å². The van der Waals surface area contributed by atoms with E-state index in [1.54, 1.807) is 60.7 Å². The van der Waals surface area contributed by atoms with Gasteiger partial charge in [-0.3, -0.25) is 9.69 Å². The van der Waals surface area contributed by atoms with Crippen LogP contribution in [0.15, 0.2) is 78.9 Å². The van der Waals surface area contributed by atoms with E-state index in [1.165, 1.54) is 19.2 Å². The van der Waals surface area contributed by atoms with Gasteiger partial charge < -0.3 is 15.2 Å². The molecule has 7 nitrogen and oxygen atoms in total. The van der Waals surface area contributed by atoms with Crippen LogP contribution in [0.3, 0.4) is 0 Å². The van der Waals surface area contributed by atoms with Gasteiger partial charge in [-0.05, 0) is 41.0 Å². The van der Waals surface area contributed by atoms with Gasteiger partial charge in [0.25, 0.3) is 0 Å². The van der Waals surface area contributed by atoms with Gasteiger partial charge in [-0.25, -0.2) is 14.0 Å². The van der Waals surface area contributed by atoms with Gasteiger partial charge in [-0.15, -0.1) is 0 Å². The fourth-order valence-corrected chi connectivity index (χ4v) is 3.28. The van der Waals surface area contributed by atoms with Crippen LogP contribution < -0.4 is 5.32 Å². The summed E-state index contributed by atoms with van der Waals surface area (Å²) >= 11 is 0. The van der Waals surface area contributed by atoms with E-state index in [-0.39, 0.29) is 31.2 Å². The average Bonchev–Trinajstić information content (AvgIpc) is 2.83. The van der Waals surface area contributed by atoms with E-state index >= 15 is 0 Å². The normalized spacial score (nSPS) is 11.4. The quantitative estimate of drug-likeness (QED) is 0.493. The van der Waals surface area contributed by atoms with Crippen LogP contribution in [0.2, 0.25) is 0 Å². The van der Waals surface area contributed by atoms with Crippen molar-refractivity contribution in [1.29, 1.82) is 0 Å². The summed E-state index contributed by atoms with van der Waals surface area (Å²) in [6.45, 7) is -0.0509. The second kappa shape index (κ2) is 11.6. The second-order valence-corrected chi connectivity index (χ2v) is 7.76. The summed E-state index contributed by atoms with van der Waals surface area (Å²) < 4.78 is 18.2. The predicted molar refractivity (Wildman–Crippen MR) is 125 cm³/mol. The molecule has 0 aliphatic rings. The molecule has 2 amide bonds. The maximum Gasteiger partial charge on any atom is 0.410 e. The van der Waals surface area contributed by atoms with Crippen molar-refractivity contribution in [2.24, 2.45) is 0 Å². The molecule has 0 saturated heterocycles. The minimum atomic E-state index is -1.12. The van der Waals surface area contributed by atoms with Gasteiger partial charge in [0.15, 0.2) is 0 Å². The highest BCUT2D eigenvalue weighted by Gasteiger charge is 2.27. The number of ether oxygens (including phenoxy) is 1. The molecule has 0 heterocycles. The van der Waals surface area contributed by atoms with Gasteiger partial charge in [0.05, 0.1) is 6.42 Å². The van der Waals surface area contributed by atoms with Gasteiger partial charge in [-0.1, -0.05) is 54.6 Å². The van der Waals surface area contributed by atoms with Crippen molar-refractivity contribution in [3.05, 3.63) is 101 Å². The number of hydrogen-bond donors (Lipinski definition) is 2. The lowest BCUT2D eigenvalue weighted by Crippen LogP contribution is -2.44. The first-order valence-electron chi connectivity index (χ1n) is 10.6. The molecule has 34 heavy (non-hydrogen) atoms. The number of amides is 2. The van der Waals surface area contributed by atoms with Crippen molar-refractivity contribution in [3.8, 4) is 0 Å². The van der Waals surface area contributed by atoms with Crippen molar-refractivity contribution in [3.63, 3.8) is 0 Å². The molecule has 0 radical (unpaired) electrons. The number of carbonyl (C=O) groups is 3. The number of hydrogen-bond acceptors (Lipinski definition) is 4. The van der Waals surface area contributed by atoms with Crippen molar-refractivity contribution in [1.82, 2.24) is 4.90 Å². The summed E-state index contributed by atoms with van der Waals surface area (Å²) in [6.07, 6.45) is -0.478. The molecule has 0 saturated carbocycles. The van der Waals surface area contributed by atoms with E-state index in [0.29, 0.717) is 16.8 Å². The van der Waals surface area contributed by atoms with Crippen molar-refractivity contribution >= 4 is 23.7 Å². The zero-order valence-electron chi connectivity index (χ0n) is 18.6. The maximum atomic E-state index is 13.0. The van der Waals surface area contributed by atoms with Crippen LogP contribution in [0.25, 0.3) is 0 Å². The van der Waals surface area contributed by atoms with Gasteiger partial charge in [-0.2, -0.15) is 0 Å². The Morgan fingerprint density at radius 2 is 1.53 bits per heavy atom. The molecule has 3 rings (SSSR count). The number of benzene rings is 3. The SMILES string of the molecule is CN(C(=O)OCc1ccc(NC(=O)Cc2ccc(F)cc2)cc1)C(Cc1ccccc1)C(=O)O. The van der Waals surface area contributed by atoms with Crippen LogP contribution in [0.4, 0.5) is 14.9 Å². The van der Waals surface area contributed by atoms with Crippen LogP contribution in [0.5, 0.6) is 0 Å². The Morgan fingerprint density at radius 3 is 2.15 bits per heavy atom.